The molecule has 0 atom stereocenters. The van der Waals surface area contributed by atoms with Crippen LogP contribution < -0.4 is 10.1 Å². The van der Waals surface area contributed by atoms with Crippen LogP contribution in [0, 0.1) is 6.92 Å². The normalized spacial score (nSPS) is 11.0. The average molecular weight is 281 g/mol. The number of hydrogen-bond donors (Lipinski definition) is 1. The number of para-hydroxylation sites is 1. The van der Waals surface area contributed by atoms with Gasteiger partial charge in [0.05, 0.1) is 13.7 Å². The highest BCUT2D eigenvalue weighted by molar-refractivity contribution is 5.83. The molecule has 0 aliphatic rings. The second kappa shape index (κ2) is 6.02. The highest BCUT2D eigenvalue weighted by atomic mass is 16.5. The van der Waals surface area contributed by atoms with E-state index in [0.29, 0.717) is 6.54 Å². The van der Waals surface area contributed by atoms with Crippen LogP contribution >= 0.6 is 0 Å². The van der Waals surface area contributed by atoms with Gasteiger partial charge in [0.25, 0.3) is 0 Å². The van der Waals surface area contributed by atoms with E-state index < -0.39 is 0 Å². The third-order valence-electron chi connectivity index (χ3n) is 3.49. The number of methoxy groups -OCH3 is 1. The maximum atomic E-state index is 5.86. The second-order valence-corrected chi connectivity index (χ2v) is 5.18. The van der Waals surface area contributed by atoms with Crippen molar-refractivity contribution in [2.24, 2.45) is 0 Å². The minimum atomic E-state index is 0.700. The molecule has 0 amide bonds. The van der Waals surface area contributed by atoms with Gasteiger partial charge in [0.15, 0.2) is 11.3 Å². The Balaban J connectivity index is 1.68. The van der Waals surface area contributed by atoms with Crippen LogP contribution in [-0.2, 0) is 13.1 Å². The lowest BCUT2D eigenvalue weighted by atomic mass is 10.1. The molecule has 108 valence electrons. The predicted molar refractivity (Wildman–Crippen MR) is 84.5 cm³/mol. The van der Waals surface area contributed by atoms with Crippen molar-refractivity contribution in [2.75, 3.05) is 7.11 Å². The predicted octanol–water partition coefficient (Wildman–Crippen LogP) is 4.04. The van der Waals surface area contributed by atoms with Gasteiger partial charge in [-0.2, -0.15) is 0 Å². The van der Waals surface area contributed by atoms with Crippen LogP contribution in [0.15, 0.2) is 52.9 Å². The molecule has 0 aliphatic carbocycles. The van der Waals surface area contributed by atoms with Crippen molar-refractivity contribution in [3.63, 3.8) is 0 Å². The Morgan fingerprint density at radius 1 is 1.05 bits per heavy atom. The highest BCUT2D eigenvalue weighted by Gasteiger charge is 2.08. The van der Waals surface area contributed by atoms with Gasteiger partial charge in [0.1, 0.15) is 5.76 Å². The van der Waals surface area contributed by atoms with Gasteiger partial charge in [-0.15, -0.1) is 0 Å². The van der Waals surface area contributed by atoms with Crippen LogP contribution in [-0.4, -0.2) is 7.11 Å². The van der Waals surface area contributed by atoms with E-state index in [1.54, 1.807) is 7.11 Å². The fourth-order valence-electron chi connectivity index (χ4n) is 2.49. The molecule has 0 fully saturated rings. The quantitative estimate of drug-likeness (QED) is 0.766. The van der Waals surface area contributed by atoms with E-state index >= 15 is 0 Å². The van der Waals surface area contributed by atoms with Crippen LogP contribution in [0.2, 0.25) is 0 Å². The summed E-state index contributed by atoms with van der Waals surface area (Å²) in [6.45, 7) is 3.64. The number of hydrogen-bond acceptors (Lipinski definition) is 3. The van der Waals surface area contributed by atoms with E-state index in [-0.39, 0.29) is 0 Å². The van der Waals surface area contributed by atoms with Crippen LogP contribution in [0.1, 0.15) is 16.9 Å². The molecule has 1 aromatic heterocycles. The lowest BCUT2D eigenvalue weighted by Crippen LogP contribution is -2.12. The van der Waals surface area contributed by atoms with Crippen molar-refractivity contribution < 1.29 is 9.15 Å². The Labute approximate surface area is 124 Å². The van der Waals surface area contributed by atoms with Crippen LogP contribution in [0.3, 0.4) is 0 Å². The highest BCUT2D eigenvalue weighted by Crippen LogP contribution is 2.28. The summed E-state index contributed by atoms with van der Waals surface area (Å²) < 4.78 is 11.2. The number of furan rings is 1. The Morgan fingerprint density at radius 3 is 2.71 bits per heavy atom. The number of rotatable bonds is 5. The number of ether oxygens (including phenoxy) is 1. The van der Waals surface area contributed by atoms with Gasteiger partial charge in [-0.05, 0) is 24.6 Å². The maximum Gasteiger partial charge on any atom is 0.176 e. The Kier molecular flexibility index (Phi) is 3.93. The van der Waals surface area contributed by atoms with E-state index in [1.165, 1.54) is 11.1 Å². The van der Waals surface area contributed by atoms with Gasteiger partial charge in [-0.3, -0.25) is 0 Å². The minimum absolute atomic E-state index is 0.700. The molecule has 0 bridgehead atoms. The summed E-state index contributed by atoms with van der Waals surface area (Å²) in [5, 5.41) is 4.48. The minimum Gasteiger partial charge on any atom is -0.493 e. The standard InChI is InChI=1S/C18H19NO2/c1-13-5-3-6-14(9-13)11-19-12-16-10-15-7-4-8-17(20-2)18(15)21-16/h3-10,19H,11-12H2,1-2H3. The second-order valence-electron chi connectivity index (χ2n) is 5.18. The van der Waals surface area contributed by atoms with Crippen molar-refractivity contribution in [3.05, 3.63) is 65.4 Å². The maximum absolute atomic E-state index is 5.86. The largest absolute Gasteiger partial charge is 0.493 e. The third-order valence-corrected chi connectivity index (χ3v) is 3.49. The summed E-state index contributed by atoms with van der Waals surface area (Å²) in [4.78, 5) is 0. The van der Waals surface area contributed by atoms with Crippen LogP contribution in [0.5, 0.6) is 5.75 Å². The first-order valence-corrected chi connectivity index (χ1v) is 7.08. The Bertz CT molecular complexity index is 746. The summed E-state index contributed by atoms with van der Waals surface area (Å²) in [7, 11) is 1.66. The third kappa shape index (κ3) is 3.09. The first-order valence-electron chi connectivity index (χ1n) is 7.08. The molecule has 0 aliphatic heterocycles. The molecule has 0 spiro atoms. The van der Waals surface area contributed by atoms with E-state index in [1.807, 2.05) is 18.2 Å². The zero-order chi connectivity index (χ0) is 14.7. The summed E-state index contributed by atoms with van der Waals surface area (Å²) in [5.74, 6) is 1.69. The van der Waals surface area contributed by atoms with Crippen LogP contribution in [0.4, 0.5) is 0 Å². The number of benzene rings is 2. The molecular weight excluding hydrogens is 262 g/mol. The summed E-state index contributed by atoms with van der Waals surface area (Å²) in [6.07, 6.45) is 0. The number of fused-ring (bicyclic) bond motifs is 1. The van der Waals surface area contributed by atoms with Crippen molar-refractivity contribution in [2.45, 2.75) is 20.0 Å². The van der Waals surface area contributed by atoms with E-state index in [0.717, 1.165) is 29.0 Å². The molecule has 3 rings (SSSR count). The molecule has 3 heteroatoms. The zero-order valence-electron chi connectivity index (χ0n) is 12.3. The summed E-state index contributed by atoms with van der Waals surface area (Å²) >= 11 is 0. The fraction of sp³-hybridized carbons (Fsp3) is 0.222. The van der Waals surface area contributed by atoms with Gasteiger partial charge in [0.2, 0.25) is 0 Å². The monoisotopic (exact) mass is 281 g/mol. The van der Waals surface area contributed by atoms with Crippen molar-refractivity contribution in [1.29, 1.82) is 0 Å². The lowest BCUT2D eigenvalue weighted by Gasteiger charge is -2.04. The molecule has 0 unspecified atom stereocenters. The molecule has 0 saturated heterocycles. The van der Waals surface area contributed by atoms with E-state index in [4.69, 9.17) is 9.15 Å². The van der Waals surface area contributed by atoms with Gasteiger partial charge in [-0.25, -0.2) is 0 Å². The van der Waals surface area contributed by atoms with Gasteiger partial charge in [-0.1, -0.05) is 42.0 Å². The van der Waals surface area contributed by atoms with Crippen molar-refractivity contribution in [3.8, 4) is 5.75 Å². The number of aryl methyl sites for hydroxylation is 1. The fourth-order valence-corrected chi connectivity index (χ4v) is 2.49. The first-order chi connectivity index (χ1) is 10.3. The molecule has 1 N–H and O–H groups in total. The smallest absolute Gasteiger partial charge is 0.176 e. The summed E-state index contributed by atoms with van der Waals surface area (Å²) in [5.41, 5.74) is 3.37. The molecule has 3 nitrogen and oxygen atoms in total. The number of nitrogens with one attached hydrogen (secondary N) is 1. The SMILES string of the molecule is COc1cccc2cc(CNCc3cccc(C)c3)oc12. The molecule has 0 saturated carbocycles. The zero-order valence-corrected chi connectivity index (χ0v) is 12.3. The Morgan fingerprint density at radius 2 is 1.90 bits per heavy atom. The van der Waals surface area contributed by atoms with Gasteiger partial charge < -0.3 is 14.5 Å². The van der Waals surface area contributed by atoms with Crippen molar-refractivity contribution >= 4 is 11.0 Å². The summed E-state index contributed by atoms with van der Waals surface area (Å²) in [6, 6.07) is 16.5. The van der Waals surface area contributed by atoms with E-state index in [2.05, 4.69) is 42.6 Å². The van der Waals surface area contributed by atoms with Gasteiger partial charge >= 0.3 is 0 Å². The average Bonchev–Trinajstić information content (AvgIpc) is 2.90. The van der Waals surface area contributed by atoms with Crippen LogP contribution in [0.25, 0.3) is 11.0 Å². The molecule has 3 aromatic rings. The topological polar surface area (TPSA) is 34.4 Å². The molecule has 1 heterocycles. The first kappa shape index (κ1) is 13.7. The molecular formula is C18H19NO2. The Hall–Kier alpha value is -2.26. The molecule has 2 aromatic carbocycles. The van der Waals surface area contributed by atoms with Gasteiger partial charge in [0, 0.05) is 11.9 Å². The van der Waals surface area contributed by atoms with E-state index in [9.17, 15) is 0 Å². The van der Waals surface area contributed by atoms with Crippen molar-refractivity contribution in [1.82, 2.24) is 5.32 Å². The molecule has 21 heavy (non-hydrogen) atoms. The molecule has 0 radical (unpaired) electrons. The lowest BCUT2D eigenvalue weighted by molar-refractivity contribution is 0.406.